The van der Waals surface area contributed by atoms with E-state index >= 15 is 0 Å². The van der Waals surface area contributed by atoms with Crippen LogP contribution < -0.4 is 10.6 Å². The second kappa shape index (κ2) is 12.6. The molecule has 1 saturated heterocycles. The maximum Gasteiger partial charge on any atom is 0.315 e. The number of hydrogen-bond acceptors (Lipinski definition) is 4. The first-order valence-electron chi connectivity index (χ1n) is 11.8. The molecule has 1 fully saturated rings. The van der Waals surface area contributed by atoms with Gasteiger partial charge in [-0.3, -0.25) is 0 Å². The van der Waals surface area contributed by atoms with Crippen molar-refractivity contribution in [1.82, 2.24) is 25.3 Å². The van der Waals surface area contributed by atoms with Crippen molar-refractivity contribution in [3.8, 4) is 11.1 Å². The smallest absolute Gasteiger partial charge is 0.315 e. The second-order valence-electron chi connectivity index (χ2n) is 9.05. The molecular formula is C26H39N5O. The van der Waals surface area contributed by atoms with Gasteiger partial charge in [0.05, 0.1) is 0 Å². The molecule has 32 heavy (non-hydrogen) atoms. The molecule has 6 heteroatoms. The number of piperazine rings is 1. The number of carbonyl (C=O) groups is 1. The Morgan fingerprint density at radius 1 is 0.938 bits per heavy atom. The third kappa shape index (κ3) is 7.93. The van der Waals surface area contributed by atoms with Crippen molar-refractivity contribution in [3.63, 3.8) is 0 Å². The van der Waals surface area contributed by atoms with Gasteiger partial charge in [0.2, 0.25) is 0 Å². The van der Waals surface area contributed by atoms with Crippen molar-refractivity contribution < 1.29 is 4.79 Å². The van der Waals surface area contributed by atoms with Crippen LogP contribution in [0, 0.1) is 0 Å². The lowest BCUT2D eigenvalue weighted by atomic mass is 9.98. The van der Waals surface area contributed by atoms with Gasteiger partial charge in [-0.2, -0.15) is 0 Å². The molecule has 0 aliphatic carbocycles. The minimum absolute atomic E-state index is 0.0965. The average Bonchev–Trinajstić information content (AvgIpc) is 2.79. The van der Waals surface area contributed by atoms with Crippen LogP contribution >= 0.6 is 0 Å². The van der Waals surface area contributed by atoms with Crippen LogP contribution in [0.2, 0.25) is 0 Å². The van der Waals surface area contributed by atoms with E-state index in [1.54, 1.807) is 0 Å². The number of unbranched alkanes of at least 4 members (excludes halogenated alkanes) is 1. The lowest BCUT2D eigenvalue weighted by Gasteiger charge is -2.32. The molecule has 0 bridgehead atoms. The van der Waals surface area contributed by atoms with Gasteiger partial charge in [0, 0.05) is 45.8 Å². The number of likely N-dealkylation sites (N-methyl/N-ethyl adjacent to an activating group) is 1. The van der Waals surface area contributed by atoms with Gasteiger partial charge in [0.25, 0.3) is 0 Å². The summed E-state index contributed by atoms with van der Waals surface area (Å²) in [5, 5.41) is 6.02. The number of carbonyl (C=O) groups excluding carboxylic acids is 1. The van der Waals surface area contributed by atoms with Gasteiger partial charge in [-0.05, 0) is 62.8 Å². The molecule has 0 aromatic heterocycles. The van der Waals surface area contributed by atoms with Gasteiger partial charge in [-0.15, -0.1) is 0 Å². The van der Waals surface area contributed by atoms with Crippen LogP contribution in [0.25, 0.3) is 11.1 Å². The summed E-state index contributed by atoms with van der Waals surface area (Å²) >= 11 is 0. The lowest BCUT2D eigenvalue weighted by molar-refractivity contribution is 0.152. The number of rotatable bonds is 10. The highest BCUT2D eigenvalue weighted by Gasteiger charge is 2.13. The van der Waals surface area contributed by atoms with Crippen LogP contribution in [0.1, 0.15) is 24.0 Å². The Kier molecular flexibility index (Phi) is 9.53. The minimum Gasteiger partial charge on any atom is -0.338 e. The molecule has 6 nitrogen and oxygen atoms in total. The molecule has 0 unspecified atom stereocenters. The lowest BCUT2D eigenvalue weighted by Crippen LogP contribution is -2.44. The van der Waals surface area contributed by atoms with Crippen molar-refractivity contribution in [2.75, 3.05) is 60.4 Å². The number of amides is 2. The molecule has 0 saturated carbocycles. The fourth-order valence-electron chi connectivity index (χ4n) is 4.08. The molecule has 2 N–H and O–H groups in total. The summed E-state index contributed by atoms with van der Waals surface area (Å²) in [6.45, 7) is 7.91. The van der Waals surface area contributed by atoms with Crippen molar-refractivity contribution >= 4 is 6.03 Å². The molecule has 0 atom stereocenters. The molecule has 1 aliphatic heterocycles. The van der Waals surface area contributed by atoms with Crippen molar-refractivity contribution in [2.45, 2.75) is 25.9 Å². The molecule has 0 spiro atoms. The van der Waals surface area contributed by atoms with E-state index in [1.807, 2.05) is 12.1 Å². The van der Waals surface area contributed by atoms with Crippen LogP contribution in [-0.2, 0) is 13.1 Å². The molecule has 0 radical (unpaired) electrons. The zero-order valence-corrected chi connectivity index (χ0v) is 19.9. The van der Waals surface area contributed by atoms with E-state index in [4.69, 9.17) is 0 Å². The molecule has 2 amide bonds. The van der Waals surface area contributed by atoms with E-state index in [-0.39, 0.29) is 6.03 Å². The number of nitrogens with one attached hydrogen (secondary N) is 2. The summed E-state index contributed by atoms with van der Waals surface area (Å²) in [6, 6.07) is 16.9. The van der Waals surface area contributed by atoms with Gasteiger partial charge >= 0.3 is 6.03 Å². The van der Waals surface area contributed by atoms with Gasteiger partial charge in [-0.1, -0.05) is 48.5 Å². The van der Waals surface area contributed by atoms with E-state index < -0.39 is 0 Å². The van der Waals surface area contributed by atoms with E-state index in [0.29, 0.717) is 13.1 Å². The van der Waals surface area contributed by atoms with Crippen LogP contribution in [0.3, 0.4) is 0 Å². The van der Waals surface area contributed by atoms with E-state index in [0.717, 1.165) is 63.2 Å². The van der Waals surface area contributed by atoms with Crippen molar-refractivity contribution in [2.24, 2.45) is 0 Å². The third-order valence-corrected chi connectivity index (χ3v) is 6.00. The fraction of sp³-hybridized carbons (Fsp3) is 0.500. The summed E-state index contributed by atoms with van der Waals surface area (Å²) in [5.41, 5.74) is 4.75. The Balaban J connectivity index is 1.40. The molecule has 2 aromatic carbocycles. The van der Waals surface area contributed by atoms with Crippen LogP contribution in [0.4, 0.5) is 4.79 Å². The summed E-state index contributed by atoms with van der Waals surface area (Å²) in [7, 11) is 6.33. The van der Waals surface area contributed by atoms with Gasteiger partial charge in [0.1, 0.15) is 0 Å². The Bertz CT molecular complexity index is 828. The van der Waals surface area contributed by atoms with Crippen LogP contribution in [0.15, 0.2) is 48.5 Å². The zero-order valence-electron chi connectivity index (χ0n) is 19.9. The van der Waals surface area contributed by atoms with E-state index in [2.05, 4.69) is 82.9 Å². The normalized spacial score (nSPS) is 15.1. The first-order valence-corrected chi connectivity index (χ1v) is 11.8. The fourth-order valence-corrected chi connectivity index (χ4v) is 4.08. The number of nitrogens with zero attached hydrogens (tertiary/aromatic N) is 3. The van der Waals surface area contributed by atoms with Gasteiger partial charge in [0.15, 0.2) is 0 Å². The quantitative estimate of drug-likeness (QED) is 0.561. The maximum absolute atomic E-state index is 12.3. The topological polar surface area (TPSA) is 50.9 Å². The highest BCUT2D eigenvalue weighted by molar-refractivity contribution is 5.74. The SMILES string of the molecule is CN(C)Cc1ccc(-c2ccccc2CNC(=O)NCCCCN2CCN(C)CC2)cc1. The maximum atomic E-state index is 12.3. The number of urea groups is 1. The standard InChI is InChI=1S/C26H39N5O/c1-29(2)21-22-10-12-23(13-11-22)25-9-5-4-8-24(25)20-28-26(32)27-14-6-7-15-31-18-16-30(3)17-19-31/h4-5,8-13H,6-7,14-21H2,1-3H3,(H2,27,28,32). The Labute approximate surface area is 193 Å². The highest BCUT2D eigenvalue weighted by Crippen LogP contribution is 2.24. The predicted molar refractivity (Wildman–Crippen MR) is 133 cm³/mol. The van der Waals surface area contributed by atoms with Crippen LogP contribution in [-0.4, -0.2) is 81.1 Å². The highest BCUT2D eigenvalue weighted by atomic mass is 16.2. The Hall–Kier alpha value is -2.41. The summed E-state index contributed by atoms with van der Waals surface area (Å²) in [5.74, 6) is 0. The van der Waals surface area contributed by atoms with Gasteiger partial charge < -0.3 is 25.3 Å². The average molecular weight is 438 g/mol. The molecule has 2 aromatic rings. The molecule has 174 valence electrons. The minimum atomic E-state index is -0.0965. The number of hydrogen-bond donors (Lipinski definition) is 2. The predicted octanol–water partition coefficient (Wildman–Crippen LogP) is 3.24. The Morgan fingerprint density at radius 2 is 1.66 bits per heavy atom. The Morgan fingerprint density at radius 3 is 2.38 bits per heavy atom. The van der Waals surface area contributed by atoms with Crippen LogP contribution in [0.5, 0.6) is 0 Å². The number of benzene rings is 2. The summed E-state index contributed by atoms with van der Waals surface area (Å²) in [4.78, 5) is 19.3. The molecular weight excluding hydrogens is 398 g/mol. The third-order valence-electron chi connectivity index (χ3n) is 6.00. The largest absolute Gasteiger partial charge is 0.338 e. The summed E-state index contributed by atoms with van der Waals surface area (Å²) in [6.07, 6.45) is 2.13. The van der Waals surface area contributed by atoms with Gasteiger partial charge in [-0.25, -0.2) is 4.79 Å². The molecule has 1 aliphatic rings. The monoisotopic (exact) mass is 437 g/mol. The first-order chi connectivity index (χ1) is 15.5. The molecule has 1 heterocycles. The zero-order chi connectivity index (χ0) is 22.8. The van der Waals surface area contributed by atoms with Crippen molar-refractivity contribution in [1.29, 1.82) is 0 Å². The van der Waals surface area contributed by atoms with Crippen molar-refractivity contribution in [3.05, 3.63) is 59.7 Å². The first kappa shape index (κ1) is 24.2. The van der Waals surface area contributed by atoms with E-state index in [9.17, 15) is 4.79 Å². The summed E-state index contributed by atoms with van der Waals surface area (Å²) < 4.78 is 0. The van der Waals surface area contributed by atoms with E-state index in [1.165, 1.54) is 11.1 Å². The molecule has 3 rings (SSSR count). The second-order valence-corrected chi connectivity index (χ2v) is 9.05.